The minimum atomic E-state index is -0.558. The number of methoxy groups -OCH3 is 3. The van der Waals surface area contributed by atoms with E-state index in [1.165, 1.54) is 21.3 Å². The van der Waals surface area contributed by atoms with Crippen molar-refractivity contribution in [2.24, 2.45) is 0 Å². The van der Waals surface area contributed by atoms with E-state index < -0.39 is 11.6 Å². The van der Waals surface area contributed by atoms with E-state index in [-0.39, 0.29) is 12.0 Å². The normalized spacial score (nSPS) is 10.5. The molecule has 2 aromatic rings. The summed E-state index contributed by atoms with van der Waals surface area (Å²) >= 11 is 0. The van der Waals surface area contributed by atoms with Crippen molar-refractivity contribution in [1.82, 2.24) is 0 Å². The molecule has 0 unspecified atom stereocenters. The minimum Gasteiger partial charge on any atom is -0.493 e. The number of fused-ring (bicyclic) bond motifs is 1. The standard InChI is InChI=1S/C15H16O6/c1-8-9-5-12(18-2)13(19-3)7-11(9)21-15(17)10(8)6-14(16)20-4/h5,7H,6H2,1-4H3. The molecule has 0 aliphatic rings. The van der Waals surface area contributed by atoms with Crippen molar-refractivity contribution < 1.29 is 23.4 Å². The van der Waals surface area contributed by atoms with Gasteiger partial charge in [0.2, 0.25) is 0 Å². The number of hydrogen-bond acceptors (Lipinski definition) is 6. The van der Waals surface area contributed by atoms with Crippen LogP contribution < -0.4 is 15.1 Å². The van der Waals surface area contributed by atoms with Crippen molar-refractivity contribution in [2.45, 2.75) is 13.3 Å². The second kappa shape index (κ2) is 5.87. The van der Waals surface area contributed by atoms with Crippen molar-refractivity contribution in [3.05, 3.63) is 33.7 Å². The quantitative estimate of drug-likeness (QED) is 0.632. The highest BCUT2D eigenvalue weighted by Crippen LogP contribution is 2.33. The predicted molar refractivity (Wildman–Crippen MR) is 76.0 cm³/mol. The zero-order chi connectivity index (χ0) is 15.6. The Labute approximate surface area is 121 Å². The summed E-state index contributed by atoms with van der Waals surface area (Å²) in [6, 6.07) is 3.30. The molecule has 0 aliphatic heterocycles. The Morgan fingerprint density at radius 1 is 1.14 bits per heavy atom. The highest BCUT2D eigenvalue weighted by molar-refractivity contribution is 5.86. The van der Waals surface area contributed by atoms with Crippen LogP contribution in [0.5, 0.6) is 11.5 Å². The van der Waals surface area contributed by atoms with Crippen molar-refractivity contribution in [3.63, 3.8) is 0 Å². The molecular weight excluding hydrogens is 276 g/mol. The largest absolute Gasteiger partial charge is 0.493 e. The lowest BCUT2D eigenvalue weighted by Gasteiger charge is -2.11. The Kier molecular flexibility index (Phi) is 4.16. The zero-order valence-corrected chi connectivity index (χ0v) is 12.3. The average Bonchev–Trinajstić information content (AvgIpc) is 2.49. The average molecular weight is 292 g/mol. The van der Waals surface area contributed by atoms with Crippen LogP contribution in [-0.2, 0) is 16.0 Å². The third kappa shape index (κ3) is 2.69. The van der Waals surface area contributed by atoms with Crippen LogP contribution in [0.1, 0.15) is 11.1 Å². The fourth-order valence-corrected chi connectivity index (χ4v) is 2.14. The van der Waals surface area contributed by atoms with E-state index in [0.717, 1.165) is 0 Å². The summed E-state index contributed by atoms with van der Waals surface area (Å²) in [5, 5.41) is 0.686. The van der Waals surface area contributed by atoms with Crippen LogP contribution in [0.4, 0.5) is 0 Å². The van der Waals surface area contributed by atoms with Crippen molar-refractivity contribution >= 4 is 16.9 Å². The van der Waals surface area contributed by atoms with E-state index in [4.69, 9.17) is 13.9 Å². The molecule has 2 rings (SSSR count). The van der Waals surface area contributed by atoms with Gasteiger partial charge in [-0.2, -0.15) is 0 Å². The summed E-state index contributed by atoms with van der Waals surface area (Å²) in [5.74, 6) is 0.490. The Balaban J connectivity index is 2.70. The summed E-state index contributed by atoms with van der Waals surface area (Å²) in [5.41, 5.74) is 0.760. The van der Waals surface area contributed by atoms with E-state index in [0.29, 0.717) is 28.0 Å². The van der Waals surface area contributed by atoms with Crippen molar-refractivity contribution in [1.29, 1.82) is 0 Å². The monoisotopic (exact) mass is 292 g/mol. The first kappa shape index (κ1) is 14.9. The smallest absolute Gasteiger partial charge is 0.340 e. The SMILES string of the molecule is COC(=O)Cc1c(C)c2cc(OC)c(OC)cc2oc1=O. The molecule has 0 bridgehead atoms. The summed E-state index contributed by atoms with van der Waals surface area (Å²) < 4.78 is 20.3. The first-order valence-electron chi connectivity index (χ1n) is 6.27. The van der Waals surface area contributed by atoms with Gasteiger partial charge in [0.05, 0.1) is 33.3 Å². The van der Waals surface area contributed by atoms with Gasteiger partial charge in [-0.25, -0.2) is 4.79 Å². The molecule has 0 N–H and O–H groups in total. The number of esters is 1. The predicted octanol–water partition coefficient (Wildman–Crippen LogP) is 1.83. The topological polar surface area (TPSA) is 75.0 Å². The first-order valence-corrected chi connectivity index (χ1v) is 6.27. The zero-order valence-electron chi connectivity index (χ0n) is 12.3. The Morgan fingerprint density at radius 3 is 2.33 bits per heavy atom. The van der Waals surface area contributed by atoms with Gasteiger partial charge in [0.15, 0.2) is 11.5 Å². The lowest BCUT2D eigenvalue weighted by Crippen LogP contribution is -2.16. The number of carbonyl (C=O) groups is 1. The van der Waals surface area contributed by atoms with Gasteiger partial charge in [0.25, 0.3) is 0 Å². The second-order valence-corrected chi connectivity index (χ2v) is 4.45. The number of hydrogen-bond donors (Lipinski definition) is 0. The summed E-state index contributed by atoms with van der Waals surface area (Å²) in [4.78, 5) is 23.4. The van der Waals surface area contributed by atoms with Crippen LogP contribution in [0.3, 0.4) is 0 Å². The summed E-state index contributed by atoms with van der Waals surface area (Å²) in [7, 11) is 4.29. The van der Waals surface area contributed by atoms with E-state index >= 15 is 0 Å². The molecule has 0 atom stereocenters. The maximum absolute atomic E-state index is 12.0. The molecule has 0 saturated carbocycles. The van der Waals surface area contributed by atoms with Gasteiger partial charge in [0, 0.05) is 11.5 Å². The Hall–Kier alpha value is -2.50. The highest BCUT2D eigenvalue weighted by atomic mass is 16.5. The minimum absolute atomic E-state index is 0.130. The maximum atomic E-state index is 12.0. The fourth-order valence-electron chi connectivity index (χ4n) is 2.14. The number of aryl methyl sites for hydroxylation is 1. The molecule has 0 aliphatic carbocycles. The van der Waals surface area contributed by atoms with E-state index in [1.807, 2.05) is 0 Å². The fraction of sp³-hybridized carbons (Fsp3) is 0.333. The summed E-state index contributed by atoms with van der Waals surface area (Å²) in [6.07, 6.45) is -0.130. The van der Waals surface area contributed by atoms with Crippen LogP contribution in [-0.4, -0.2) is 27.3 Å². The lowest BCUT2D eigenvalue weighted by atomic mass is 10.0. The molecule has 1 aromatic carbocycles. The molecule has 0 saturated heterocycles. The Bertz CT molecular complexity index is 744. The third-order valence-electron chi connectivity index (χ3n) is 3.34. The Morgan fingerprint density at radius 2 is 1.76 bits per heavy atom. The van der Waals surface area contributed by atoms with Crippen LogP contribution in [0.2, 0.25) is 0 Å². The van der Waals surface area contributed by atoms with Gasteiger partial charge in [-0.05, 0) is 18.6 Å². The number of rotatable bonds is 4. The second-order valence-electron chi connectivity index (χ2n) is 4.45. The summed E-state index contributed by atoms with van der Waals surface area (Å²) in [6.45, 7) is 1.75. The number of benzene rings is 1. The van der Waals surface area contributed by atoms with Gasteiger partial charge in [-0.1, -0.05) is 0 Å². The van der Waals surface area contributed by atoms with Crippen molar-refractivity contribution in [3.8, 4) is 11.5 Å². The highest BCUT2D eigenvalue weighted by Gasteiger charge is 2.17. The molecule has 1 heterocycles. The molecule has 6 heteroatoms. The van der Waals surface area contributed by atoms with Crippen molar-refractivity contribution in [2.75, 3.05) is 21.3 Å². The maximum Gasteiger partial charge on any atom is 0.340 e. The van der Waals surface area contributed by atoms with E-state index in [9.17, 15) is 9.59 Å². The number of ether oxygens (including phenoxy) is 3. The molecule has 0 spiro atoms. The molecule has 0 amide bonds. The van der Waals surface area contributed by atoms with E-state index in [1.54, 1.807) is 19.1 Å². The van der Waals surface area contributed by atoms with Crippen LogP contribution >= 0.6 is 0 Å². The van der Waals surface area contributed by atoms with Gasteiger partial charge in [-0.15, -0.1) is 0 Å². The van der Waals surface area contributed by atoms with Gasteiger partial charge < -0.3 is 18.6 Å². The molecule has 0 fully saturated rings. The van der Waals surface area contributed by atoms with E-state index in [2.05, 4.69) is 4.74 Å². The number of carbonyl (C=O) groups excluding carboxylic acids is 1. The van der Waals surface area contributed by atoms with Crippen LogP contribution in [0.25, 0.3) is 11.0 Å². The van der Waals surface area contributed by atoms with Crippen LogP contribution in [0, 0.1) is 6.92 Å². The molecule has 21 heavy (non-hydrogen) atoms. The van der Waals surface area contributed by atoms with Crippen LogP contribution in [0.15, 0.2) is 21.3 Å². The molecular formula is C15H16O6. The molecule has 0 radical (unpaired) electrons. The first-order chi connectivity index (χ1) is 10.0. The molecule has 1 aromatic heterocycles. The van der Waals surface area contributed by atoms with Gasteiger partial charge >= 0.3 is 11.6 Å². The van der Waals surface area contributed by atoms with Gasteiger partial charge in [0.1, 0.15) is 5.58 Å². The molecule has 6 nitrogen and oxygen atoms in total. The third-order valence-corrected chi connectivity index (χ3v) is 3.34. The lowest BCUT2D eigenvalue weighted by molar-refractivity contribution is -0.139. The van der Waals surface area contributed by atoms with Gasteiger partial charge in [-0.3, -0.25) is 4.79 Å². The molecule has 112 valence electrons.